The molecule has 0 saturated carbocycles. The molecule has 0 fully saturated rings. The van der Waals surface area contributed by atoms with Crippen LogP contribution < -0.4 is 4.74 Å². The van der Waals surface area contributed by atoms with Gasteiger partial charge >= 0.3 is 6.36 Å². The first-order chi connectivity index (χ1) is 14.2. The number of pyridine rings is 1. The molecule has 1 aromatic carbocycles. The van der Waals surface area contributed by atoms with Gasteiger partial charge in [-0.2, -0.15) is 0 Å². The Morgan fingerprint density at radius 2 is 1.83 bits per heavy atom. The lowest BCUT2D eigenvalue weighted by molar-refractivity contribution is -0.275. The van der Waals surface area contributed by atoms with E-state index in [0.29, 0.717) is 12.1 Å². The third kappa shape index (κ3) is 5.00. The molecule has 8 heteroatoms. The number of amides is 1. The van der Waals surface area contributed by atoms with E-state index in [2.05, 4.69) is 9.72 Å². The molecule has 0 aliphatic carbocycles. The minimum absolute atomic E-state index is 0.0189. The molecular weight excluding hydrogens is 395 g/mol. The molecule has 0 aliphatic heterocycles. The number of hydrogen-bond donors (Lipinski definition) is 0. The van der Waals surface area contributed by atoms with Crippen LogP contribution in [0, 0.1) is 13.8 Å². The molecule has 0 spiro atoms. The fraction of sp³-hybridized carbons (Fsp3) is 0.273. The molecule has 0 bridgehead atoms. The summed E-state index contributed by atoms with van der Waals surface area (Å²) in [7, 11) is 1.55. The van der Waals surface area contributed by atoms with Crippen LogP contribution in [0.5, 0.6) is 5.75 Å². The summed E-state index contributed by atoms with van der Waals surface area (Å²) in [5.41, 5.74) is 3.31. The highest BCUT2D eigenvalue weighted by Gasteiger charge is 2.32. The zero-order valence-electron chi connectivity index (χ0n) is 16.9. The smallest absolute Gasteiger partial charge is 0.405 e. The molecule has 3 aromatic rings. The van der Waals surface area contributed by atoms with Gasteiger partial charge in [0.1, 0.15) is 5.75 Å². The molecule has 5 nitrogen and oxygen atoms in total. The fourth-order valence-electron chi connectivity index (χ4n) is 3.31. The van der Waals surface area contributed by atoms with Gasteiger partial charge in [0, 0.05) is 36.7 Å². The minimum atomic E-state index is -4.80. The second kappa shape index (κ2) is 8.61. The summed E-state index contributed by atoms with van der Waals surface area (Å²) in [5.74, 6) is -0.595. The summed E-state index contributed by atoms with van der Waals surface area (Å²) < 4.78 is 44.0. The Morgan fingerprint density at radius 3 is 2.50 bits per heavy atom. The molecule has 2 aromatic heterocycles. The highest BCUT2D eigenvalue weighted by atomic mass is 19.4. The Labute approximate surface area is 172 Å². The van der Waals surface area contributed by atoms with Gasteiger partial charge in [0.2, 0.25) is 0 Å². The maximum absolute atomic E-state index is 13.0. The molecule has 0 unspecified atom stereocenters. The van der Waals surface area contributed by atoms with E-state index < -0.39 is 6.36 Å². The number of aryl methyl sites for hydroxylation is 1. The Kier molecular flexibility index (Phi) is 6.14. The van der Waals surface area contributed by atoms with E-state index in [-0.39, 0.29) is 23.8 Å². The van der Waals surface area contributed by atoms with Crippen LogP contribution in [0.2, 0.25) is 0 Å². The van der Waals surface area contributed by atoms with Crippen LogP contribution in [-0.4, -0.2) is 33.8 Å². The van der Waals surface area contributed by atoms with Gasteiger partial charge in [-0.15, -0.1) is 13.2 Å². The highest BCUT2D eigenvalue weighted by Crippen LogP contribution is 2.27. The number of nitrogens with zero attached hydrogens (tertiary/aromatic N) is 3. The van der Waals surface area contributed by atoms with Gasteiger partial charge in [0.25, 0.3) is 5.91 Å². The molecule has 1 amide bonds. The molecule has 0 N–H and O–H groups in total. The van der Waals surface area contributed by atoms with E-state index in [1.165, 1.54) is 23.1 Å². The minimum Gasteiger partial charge on any atom is -0.405 e. The Morgan fingerprint density at radius 1 is 1.13 bits per heavy atom. The first-order valence-corrected chi connectivity index (χ1v) is 9.31. The predicted octanol–water partition coefficient (Wildman–Crippen LogP) is 4.72. The van der Waals surface area contributed by atoms with E-state index >= 15 is 0 Å². The number of aromatic nitrogens is 2. The molecule has 30 heavy (non-hydrogen) atoms. The number of hydrogen-bond acceptors (Lipinski definition) is 3. The first-order valence-electron chi connectivity index (χ1n) is 9.31. The standard InChI is InChI=1S/C22H22F3N3O2/c1-15-12-19(16(2)28(15)14-18-9-6-7-11-26-18)21(29)27(3)13-17-8-4-5-10-20(17)30-22(23,24)25/h4-12H,13-14H2,1-3H3. The average Bonchev–Trinajstić information content (AvgIpc) is 2.97. The molecular formula is C22H22F3N3O2. The van der Waals surface area contributed by atoms with Crippen LogP contribution >= 0.6 is 0 Å². The topological polar surface area (TPSA) is 47.4 Å². The highest BCUT2D eigenvalue weighted by molar-refractivity contribution is 5.95. The number of halogens is 3. The Hall–Kier alpha value is -3.29. The van der Waals surface area contributed by atoms with Crippen LogP contribution in [0.15, 0.2) is 54.7 Å². The SMILES string of the molecule is Cc1cc(C(=O)N(C)Cc2ccccc2OC(F)(F)F)c(C)n1Cc1ccccn1. The van der Waals surface area contributed by atoms with Crippen LogP contribution in [-0.2, 0) is 13.1 Å². The normalized spacial score (nSPS) is 11.4. The van der Waals surface area contributed by atoms with Crippen molar-refractivity contribution in [1.82, 2.24) is 14.5 Å². The van der Waals surface area contributed by atoms with Gasteiger partial charge in [-0.25, -0.2) is 0 Å². The number of benzene rings is 1. The van der Waals surface area contributed by atoms with Crippen molar-refractivity contribution in [1.29, 1.82) is 0 Å². The largest absolute Gasteiger partial charge is 0.573 e. The third-order valence-corrected chi connectivity index (χ3v) is 4.80. The number of para-hydroxylation sites is 1. The molecule has 0 atom stereocenters. The van der Waals surface area contributed by atoms with Crippen molar-refractivity contribution in [2.75, 3.05) is 7.05 Å². The van der Waals surface area contributed by atoms with Crippen molar-refractivity contribution in [2.45, 2.75) is 33.3 Å². The lowest BCUT2D eigenvalue weighted by Gasteiger charge is -2.20. The van der Waals surface area contributed by atoms with Crippen molar-refractivity contribution in [3.63, 3.8) is 0 Å². The number of carbonyl (C=O) groups is 1. The monoisotopic (exact) mass is 417 g/mol. The maximum atomic E-state index is 13.0. The predicted molar refractivity (Wildman–Crippen MR) is 106 cm³/mol. The molecule has 0 aliphatic rings. The van der Waals surface area contributed by atoms with Crippen molar-refractivity contribution < 1.29 is 22.7 Å². The van der Waals surface area contributed by atoms with Crippen molar-refractivity contribution in [2.24, 2.45) is 0 Å². The van der Waals surface area contributed by atoms with Gasteiger partial charge in [0.15, 0.2) is 0 Å². The zero-order valence-corrected chi connectivity index (χ0v) is 16.9. The van der Waals surface area contributed by atoms with Crippen LogP contribution in [0.4, 0.5) is 13.2 Å². The molecule has 3 rings (SSSR count). The molecule has 0 radical (unpaired) electrons. The fourth-order valence-corrected chi connectivity index (χ4v) is 3.31. The summed E-state index contributed by atoms with van der Waals surface area (Å²) in [4.78, 5) is 18.7. The summed E-state index contributed by atoms with van der Waals surface area (Å²) in [6, 6.07) is 13.2. The van der Waals surface area contributed by atoms with Crippen molar-refractivity contribution in [3.05, 3.63) is 82.9 Å². The molecule has 0 saturated heterocycles. The second-order valence-electron chi connectivity index (χ2n) is 7.01. The molecule has 158 valence electrons. The van der Waals surface area contributed by atoms with E-state index in [9.17, 15) is 18.0 Å². The van der Waals surface area contributed by atoms with Crippen LogP contribution in [0.1, 0.15) is 33.0 Å². The van der Waals surface area contributed by atoms with Crippen molar-refractivity contribution in [3.8, 4) is 5.75 Å². The third-order valence-electron chi connectivity index (χ3n) is 4.80. The number of ether oxygens (including phenoxy) is 1. The Bertz CT molecular complexity index is 1030. The summed E-state index contributed by atoms with van der Waals surface area (Å²) in [6.45, 7) is 4.25. The van der Waals surface area contributed by atoms with Gasteiger partial charge in [-0.3, -0.25) is 9.78 Å². The van der Waals surface area contributed by atoms with Crippen molar-refractivity contribution >= 4 is 5.91 Å². The summed E-state index contributed by atoms with van der Waals surface area (Å²) in [6.07, 6.45) is -3.08. The van der Waals surface area contributed by atoms with E-state index in [1.807, 2.05) is 36.6 Å². The summed E-state index contributed by atoms with van der Waals surface area (Å²) >= 11 is 0. The molecule has 2 heterocycles. The lowest BCUT2D eigenvalue weighted by atomic mass is 10.1. The average molecular weight is 417 g/mol. The Balaban J connectivity index is 1.80. The van der Waals surface area contributed by atoms with Crippen LogP contribution in [0.25, 0.3) is 0 Å². The second-order valence-corrected chi connectivity index (χ2v) is 7.01. The number of alkyl halides is 3. The van der Waals surface area contributed by atoms with Gasteiger partial charge in [-0.05, 0) is 38.1 Å². The van der Waals surface area contributed by atoms with Gasteiger partial charge in [-0.1, -0.05) is 24.3 Å². The van der Waals surface area contributed by atoms with Gasteiger partial charge in [0.05, 0.1) is 17.8 Å². The van der Waals surface area contributed by atoms with E-state index in [0.717, 1.165) is 17.1 Å². The number of rotatable bonds is 6. The van der Waals surface area contributed by atoms with E-state index in [4.69, 9.17) is 0 Å². The maximum Gasteiger partial charge on any atom is 0.573 e. The number of carbonyl (C=O) groups excluding carboxylic acids is 1. The van der Waals surface area contributed by atoms with Crippen LogP contribution in [0.3, 0.4) is 0 Å². The lowest BCUT2D eigenvalue weighted by Crippen LogP contribution is -2.27. The van der Waals surface area contributed by atoms with E-state index in [1.54, 1.807) is 25.4 Å². The zero-order chi connectivity index (χ0) is 21.9. The summed E-state index contributed by atoms with van der Waals surface area (Å²) in [5, 5.41) is 0. The first kappa shape index (κ1) is 21.4. The van der Waals surface area contributed by atoms with Gasteiger partial charge < -0.3 is 14.2 Å². The quantitative estimate of drug-likeness (QED) is 0.583.